The Morgan fingerprint density at radius 2 is 2.00 bits per heavy atom. The molecule has 0 saturated carbocycles. The van der Waals surface area contributed by atoms with Crippen LogP contribution in [0, 0.1) is 5.41 Å². The molecule has 0 atom stereocenters. The number of aliphatic carboxylic acids is 1. The van der Waals surface area contributed by atoms with Crippen molar-refractivity contribution >= 4 is 11.9 Å². The Morgan fingerprint density at radius 1 is 1.29 bits per heavy atom. The Hall–Kier alpha value is -2.04. The van der Waals surface area contributed by atoms with E-state index in [1.165, 1.54) is 0 Å². The van der Waals surface area contributed by atoms with E-state index in [2.05, 4.69) is 26.1 Å². The predicted octanol–water partition coefficient (Wildman–Crippen LogP) is 2.59. The van der Waals surface area contributed by atoms with E-state index in [1.807, 2.05) is 6.07 Å². The van der Waals surface area contributed by atoms with Crippen LogP contribution in [-0.4, -0.2) is 23.6 Å². The molecule has 21 heavy (non-hydrogen) atoms. The van der Waals surface area contributed by atoms with E-state index in [1.54, 1.807) is 18.2 Å². The van der Waals surface area contributed by atoms with E-state index < -0.39 is 5.97 Å². The number of benzene rings is 1. The fourth-order valence-electron chi connectivity index (χ4n) is 1.67. The number of carboxylic acids is 1. The third-order valence-corrected chi connectivity index (χ3v) is 2.85. The lowest BCUT2D eigenvalue weighted by atomic mass is 9.90. The van der Waals surface area contributed by atoms with Crippen molar-refractivity contribution in [3.63, 3.8) is 0 Å². The van der Waals surface area contributed by atoms with Gasteiger partial charge in [0.05, 0.1) is 0 Å². The Morgan fingerprint density at radius 3 is 2.62 bits per heavy atom. The highest BCUT2D eigenvalue weighted by molar-refractivity contribution is 5.75. The number of nitrogens with one attached hydrogen (secondary N) is 1. The molecule has 0 radical (unpaired) electrons. The molecule has 0 aliphatic carbocycles. The van der Waals surface area contributed by atoms with E-state index in [4.69, 9.17) is 9.84 Å². The summed E-state index contributed by atoms with van der Waals surface area (Å²) in [4.78, 5) is 22.2. The minimum Gasteiger partial charge on any atom is -0.482 e. The van der Waals surface area contributed by atoms with Gasteiger partial charge in [0, 0.05) is 13.0 Å². The SMILES string of the molecule is CC(C)(C)CCC(=O)NCc1cccc(OCC(=O)O)c1. The van der Waals surface area contributed by atoms with E-state index in [0.29, 0.717) is 18.7 Å². The summed E-state index contributed by atoms with van der Waals surface area (Å²) in [6.07, 6.45) is 1.33. The molecule has 0 aliphatic heterocycles. The largest absolute Gasteiger partial charge is 0.482 e. The van der Waals surface area contributed by atoms with Gasteiger partial charge in [-0.2, -0.15) is 0 Å². The van der Waals surface area contributed by atoms with E-state index in [-0.39, 0.29) is 17.9 Å². The fraction of sp³-hybridized carbons (Fsp3) is 0.500. The van der Waals surface area contributed by atoms with Crippen molar-refractivity contribution in [1.82, 2.24) is 5.32 Å². The summed E-state index contributed by atoms with van der Waals surface area (Å²) in [6, 6.07) is 7.05. The highest BCUT2D eigenvalue weighted by Gasteiger charge is 2.12. The molecule has 0 heterocycles. The van der Waals surface area contributed by atoms with Crippen LogP contribution in [0.4, 0.5) is 0 Å². The third-order valence-electron chi connectivity index (χ3n) is 2.85. The van der Waals surface area contributed by atoms with Crippen molar-refractivity contribution in [3.8, 4) is 5.75 Å². The number of ether oxygens (including phenoxy) is 1. The normalized spacial score (nSPS) is 11.0. The molecule has 0 bridgehead atoms. The molecule has 0 unspecified atom stereocenters. The zero-order valence-electron chi connectivity index (χ0n) is 12.8. The molecule has 0 spiro atoms. The number of carboxylic acid groups (broad SMARTS) is 1. The summed E-state index contributed by atoms with van der Waals surface area (Å²) in [5.41, 5.74) is 1.02. The first-order valence-electron chi connectivity index (χ1n) is 6.96. The number of amides is 1. The summed E-state index contributed by atoms with van der Waals surface area (Å²) in [5, 5.41) is 11.4. The zero-order chi connectivity index (χ0) is 15.9. The molecule has 116 valence electrons. The van der Waals surface area contributed by atoms with E-state index in [9.17, 15) is 9.59 Å². The second-order valence-electron chi connectivity index (χ2n) is 6.17. The van der Waals surface area contributed by atoms with Crippen molar-refractivity contribution in [2.45, 2.75) is 40.2 Å². The van der Waals surface area contributed by atoms with Crippen LogP contribution in [0.2, 0.25) is 0 Å². The number of hydrogen-bond donors (Lipinski definition) is 2. The number of hydrogen-bond acceptors (Lipinski definition) is 3. The average molecular weight is 293 g/mol. The number of carbonyl (C=O) groups excluding carboxylic acids is 1. The smallest absolute Gasteiger partial charge is 0.341 e. The predicted molar refractivity (Wildman–Crippen MR) is 80.1 cm³/mol. The lowest BCUT2D eigenvalue weighted by Gasteiger charge is -2.17. The lowest BCUT2D eigenvalue weighted by Crippen LogP contribution is -2.24. The molecule has 5 nitrogen and oxygen atoms in total. The summed E-state index contributed by atoms with van der Waals surface area (Å²) in [7, 11) is 0. The molecule has 2 N–H and O–H groups in total. The Bertz CT molecular complexity index is 491. The Kier molecular flexibility index (Phi) is 6.21. The monoisotopic (exact) mass is 293 g/mol. The van der Waals surface area contributed by atoms with Gasteiger partial charge >= 0.3 is 5.97 Å². The molecule has 1 rings (SSSR count). The van der Waals surface area contributed by atoms with Gasteiger partial charge in [-0.1, -0.05) is 32.9 Å². The van der Waals surface area contributed by atoms with Gasteiger partial charge in [-0.25, -0.2) is 4.79 Å². The van der Waals surface area contributed by atoms with Gasteiger partial charge < -0.3 is 15.2 Å². The topological polar surface area (TPSA) is 75.6 Å². The summed E-state index contributed by atoms with van der Waals surface area (Å²) >= 11 is 0. The highest BCUT2D eigenvalue weighted by atomic mass is 16.5. The van der Waals surface area contributed by atoms with Crippen LogP contribution < -0.4 is 10.1 Å². The molecule has 1 aromatic rings. The highest BCUT2D eigenvalue weighted by Crippen LogP contribution is 2.20. The lowest BCUT2D eigenvalue weighted by molar-refractivity contribution is -0.139. The third kappa shape index (κ3) is 7.97. The van der Waals surface area contributed by atoms with Gasteiger partial charge in [0.2, 0.25) is 5.91 Å². The van der Waals surface area contributed by atoms with Crippen molar-refractivity contribution in [2.75, 3.05) is 6.61 Å². The first kappa shape index (κ1) is 17.0. The second kappa shape index (κ2) is 7.67. The van der Waals surface area contributed by atoms with Gasteiger partial charge in [-0.3, -0.25) is 4.79 Å². The molecule has 1 amide bonds. The van der Waals surface area contributed by atoms with Gasteiger partial charge in [0.25, 0.3) is 0 Å². The van der Waals surface area contributed by atoms with Crippen molar-refractivity contribution < 1.29 is 19.4 Å². The molecular formula is C16H23NO4. The first-order valence-corrected chi connectivity index (χ1v) is 6.96. The van der Waals surface area contributed by atoms with Gasteiger partial charge in [-0.05, 0) is 29.5 Å². The minimum atomic E-state index is -1.02. The number of rotatable bonds is 7. The molecule has 1 aromatic carbocycles. The molecule has 0 aliphatic rings. The molecule has 0 fully saturated rings. The first-order chi connectivity index (χ1) is 9.76. The van der Waals surface area contributed by atoms with E-state index in [0.717, 1.165) is 12.0 Å². The van der Waals surface area contributed by atoms with Crippen LogP contribution in [0.1, 0.15) is 39.2 Å². The van der Waals surface area contributed by atoms with Crippen molar-refractivity contribution in [3.05, 3.63) is 29.8 Å². The average Bonchev–Trinajstić information content (AvgIpc) is 2.40. The minimum absolute atomic E-state index is 0.0155. The molecule has 5 heteroatoms. The van der Waals surface area contributed by atoms with Crippen LogP contribution in [-0.2, 0) is 16.1 Å². The summed E-state index contributed by atoms with van der Waals surface area (Å²) in [5.74, 6) is -0.517. The van der Waals surface area contributed by atoms with Gasteiger partial charge in [0.15, 0.2) is 6.61 Å². The van der Waals surface area contributed by atoms with Crippen molar-refractivity contribution in [1.29, 1.82) is 0 Å². The fourth-order valence-corrected chi connectivity index (χ4v) is 1.67. The quantitative estimate of drug-likeness (QED) is 0.810. The standard InChI is InChI=1S/C16H23NO4/c1-16(2,3)8-7-14(18)17-10-12-5-4-6-13(9-12)21-11-15(19)20/h4-6,9H,7-8,10-11H2,1-3H3,(H,17,18)(H,19,20). The van der Waals surface area contributed by atoms with Crippen LogP contribution in [0.25, 0.3) is 0 Å². The Labute approximate surface area is 125 Å². The van der Waals surface area contributed by atoms with Gasteiger partial charge in [0.1, 0.15) is 5.75 Å². The summed E-state index contributed by atoms with van der Waals surface area (Å²) < 4.78 is 5.09. The maximum atomic E-state index is 11.7. The van der Waals surface area contributed by atoms with E-state index >= 15 is 0 Å². The molecule has 0 aromatic heterocycles. The molecule has 0 saturated heterocycles. The van der Waals surface area contributed by atoms with Gasteiger partial charge in [-0.15, -0.1) is 0 Å². The van der Waals surface area contributed by atoms with Crippen LogP contribution in [0.15, 0.2) is 24.3 Å². The zero-order valence-corrected chi connectivity index (χ0v) is 12.8. The van der Waals surface area contributed by atoms with Crippen LogP contribution in [0.3, 0.4) is 0 Å². The van der Waals surface area contributed by atoms with Crippen LogP contribution >= 0.6 is 0 Å². The summed E-state index contributed by atoms with van der Waals surface area (Å²) in [6.45, 7) is 6.34. The van der Waals surface area contributed by atoms with Crippen molar-refractivity contribution in [2.24, 2.45) is 5.41 Å². The second-order valence-corrected chi connectivity index (χ2v) is 6.17. The number of carbonyl (C=O) groups is 2. The molecular weight excluding hydrogens is 270 g/mol. The Balaban J connectivity index is 2.42. The maximum absolute atomic E-state index is 11.7. The van der Waals surface area contributed by atoms with Crippen LogP contribution in [0.5, 0.6) is 5.75 Å². The maximum Gasteiger partial charge on any atom is 0.341 e.